The topological polar surface area (TPSA) is 49.7 Å². The second-order valence-corrected chi connectivity index (χ2v) is 7.65. The third-order valence-electron chi connectivity index (χ3n) is 4.70. The highest BCUT2D eigenvalue weighted by atomic mass is 32.2. The molecule has 0 amide bonds. The summed E-state index contributed by atoms with van der Waals surface area (Å²) in [7, 11) is -3.69. The first kappa shape index (κ1) is 13.2. The third-order valence-corrected chi connectivity index (χ3v) is 6.03. The van der Waals surface area contributed by atoms with Crippen LogP contribution in [0.15, 0.2) is 33.6 Å². The number of piperidine rings is 1. The zero-order chi connectivity index (χ0) is 14.9. The second kappa shape index (κ2) is 3.82. The Kier molecular flexibility index (Phi) is 2.40. The highest BCUT2D eigenvalue weighted by Crippen LogP contribution is 2.64. The van der Waals surface area contributed by atoms with Crippen LogP contribution in [0.25, 0.3) is 0 Å². The Morgan fingerprint density at radius 3 is 2.67 bits per heavy atom. The molecule has 7 heteroatoms. The average molecular weight is 312 g/mol. The molecule has 1 saturated carbocycles. The van der Waals surface area contributed by atoms with Gasteiger partial charge in [0.05, 0.1) is 5.41 Å². The van der Waals surface area contributed by atoms with Crippen LogP contribution >= 0.6 is 0 Å². The van der Waals surface area contributed by atoms with Gasteiger partial charge in [-0.3, -0.25) is 0 Å². The number of alkyl halides is 2. The summed E-state index contributed by atoms with van der Waals surface area (Å²) in [4.78, 5) is 1.88. The SMILES string of the molecule is O=S1(=O)N=C(N2CCCC3(C2)CC3(F)F)c2ccccc21. The lowest BCUT2D eigenvalue weighted by molar-refractivity contribution is 0.0390. The molecular weight excluding hydrogens is 298 g/mol. The molecule has 1 unspecified atom stereocenters. The Morgan fingerprint density at radius 1 is 1.24 bits per heavy atom. The van der Waals surface area contributed by atoms with Gasteiger partial charge in [0, 0.05) is 25.1 Å². The number of fused-ring (bicyclic) bond motifs is 1. The maximum absolute atomic E-state index is 13.6. The van der Waals surface area contributed by atoms with Crippen LogP contribution in [0.1, 0.15) is 24.8 Å². The quantitative estimate of drug-likeness (QED) is 0.738. The molecule has 1 aromatic rings. The minimum Gasteiger partial charge on any atom is -0.355 e. The van der Waals surface area contributed by atoms with Crippen LogP contribution in [0.2, 0.25) is 0 Å². The van der Waals surface area contributed by atoms with E-state index in [1.165, 1.54) is 6.07 Å². The van der Waals surface area contributed by atoms with Crippen molar-refractivity contribution in [3.05, 3.63) is 29.8 Å². The monoisotopic (exact) mass is 312 g/mol. The van der Waals surface area contributed by atoms with E-state index < -0.39 is 21.4 Å². The van der Waals surface area contributed by atoms with Crippen molar-refractivity contribution < 1.29 is 17.2 Å². The van der Waals surface area contributed by atoms with E-state index in [0.717, 1.165) is 0 Å². The Bertz CT molecular complexity index is 760. The molecule has 2 aliphatic heterocycles. The molecule has 1 atom stereocenters. The normalized spacial score (nSPS) is 31.9. The van der Waals surface area contributed by atoms with E-state index in [4.69, 9.17) is 0 Å². The van der Waals surface area contributed by atoms with Crippen molar-refractivity contribution in [1.82, 2.24) is 4.90 Å². The number of amidine groups is 1. The molecule has 1 aliphatic carbocycles. The standard InChI is InChI=1S/C14H14F2N2O2S/c15-14(16)8-13(14)6-3-7-18(9-13)12-10-4-1-2-5-11(10)21(19,20)17-12/h1-2,4-5H,3,6-9H2. The molecule has 3 aliphatic rings. The first-order valence-electron chi connectivity index (χ1n) is 6.92. The van der Waals surface area contributed by atoms with Crippen LogP contribution in [0.3, 0.4) is 0 Å². The number of hydrogen-bond acceptors (Lipinski definition) is 3. The van der Waals surface area contributed by atoms with Crippen molar-refractivity contribution in [3.63, 3.8) is 0 Å². The first-order chi connectivity index (χ1) is 9.85. The number of nitrogens with zero attached hydrogens (tertiary/aromatic N) is 2. The molecule has 0 radical (unpaired) electrons. The first-order valence-corrected chi connectivity index (χ1v) is 8.36. The lowest BCUT2D eigenvalue weighted by atomic mass is 9.93. The molecule has 2 heterocycles. The van der Waals surface area contributed by atoms with Crippen molar-refractivity contribution in [1.29, 1.82) is 0 Å². The molecule has 2 fully saturated rings. The third kappa shape index (κ3) is 1.76. The van der Waals surface area contributed by atoms with Gasteiger partial charge < -0.3 is 4.90 Å². The van der Waals surface area contributed by atoms with Crippen molar-refractivity contribution in [2.45, 2.75) is 30.1 Å². The summed E-state index contributed by atoms with van der Waals surface area (Å²) in [5.41, 5.74) is -0.451. The summed E-state index contributed by atoms with van der Waals surface area (Å²) in [6.45, 7) is 0.753. The van der Waals surface area contributed by atoms with E-state index >= 15 is 0 Å². The minimum absolute atomic E-state index is 0.0990. The summed E-state index contributed by atoms with van der Waals surface area (Å²) in [6, 6.07) is 6.57. The fourth-order valence-corrected chi connectivity index (χ4v) is 4.68. The van der Waals surface area contributed by atoms with Gasteiger partial charge in [-0.05, 0) is 25.0 Å². The fourth-order valence-electron chi connectivity index (χ4n) is 3.45. The van der Waals surface area contributed by atoms with E-state index in [1.54, 1.807) is 23.1 Å². The number of hydrogen-bond donors (Lipinski definition) is 0. The number of benzene rings is 1. The molecule has 1 saturated heterocycles. The lowest BCUT2D eigenvalue weighted by Crippen LogP contribution is -2.42. The fraction of sp³-hybridized carbons (Fsp3) is 0.500. The smallest absolute Gasteiger partial charge is 0.285 e. The van der Waals surface area contributed by atoms with Crippen LogP contribution in [-0.2, 0) is 10.0 Å². The van der Waals surface area contributed by atoms with Crippen LogP contribution in [0, 0.1) is 5.41 Å². The Balaban J connectivity index is 1.72. The van der Waals surface area contributed by atoms with E-state index in [1.807, 2.05) is 0 Å². The highest BCUT2D eigenvalue weighted by molar-refractivity contribution is 7.90. The highest BCUT2D eigenvalue weighted by Gasteiger charge is 2.71. The number of rotatable bonds is 0. The molecule has 4 rings (SSSR count). The maximum Gasteiger partial charge on any atom is 0.285 e. The van der Waals surface area contributed by atoms with E-state index in [0.29, 0.717) is 30.8 Å². The zero-order valence-electron chi connectivity index (χ0n) is 11.2. The maximum atomic E-state index is 13.6. The van der Waals surface area contributed by atoms with Gasteiger partial charge in [-0.15, -0.1) is 4.40 Å². The Labute approximate surface area is 121 Å². The molecule has 1 aromatic carbocycles. The molecule has 0 bridgehead atoms. The van der Waals surface area contributed by atoms with Gasteiger partial charge in [0.2, 0.25) is 0 Å². The van der Waals surface area contributed by atoms with E-state index in [2.05, 4.69) is 4.40 Å². The summed E-state index contributed by atoms with van der Waals surface area (Å²) in [6.07, 6.45) is 1.03. The van der Waals surface area contributed by atoms with Gasteiger partial charge in [0.25, 0.3) is 15.9 Å². The molecule has 0 aromatic heterocycles. The van der Waals surface area contributed by atoms with Crippen molar-refractivity contribution in [2.24, 2.45) is 9.81 Å². The second-order valence-electron chi connectivity index (χ2n) is 6.07. The summed E-state index contributed by atoms with van der Waals surface area (Å²) < 4.78 is 55.1. The predicted molar refractivity (Wildman–Crippen MR) is 73.0 cm³/mol. The summed E-state index contributed by atoms with van der Waals surface area (Å²) in [5.74, 6) is -2.30. The predicted octanol–water partition coefficient (Wildman–Crippen LogP) is 2.26. The summed E-state index contributed by atoms with van der Waals surface area (Å²) >= 11 is 0. The largest absolute Gasteiger partial charge is 0.355 e. The minimum atomic E-state index is -3.69. The average Bonchev–Trinajstić information content (AvgIpc) is 2.82. The van der Waals surface area contributed by atoms with Gasteiger partial charge in [-0.1, -0.05) is 12.1 Å². The van der Waals surface area contributed by atoms with Gasteiger partial charge in [0.15, 0.2) is 5.84 Å². The molecule has 112 valence electrons. The molecule has 21 heavy (non-hydrogen) atoms. The van der Waals surface area contributed by atoms with Crippen LogP contribution in [0.5, 0.6) is 0 Å². The Morgan fingerprint density at radius 2 is 1.95 bits per heavy atom. The lowest BCUT2D eigenvalue weighted by Gasteiger charge is -2.34. The Hall–Kier alpha value is -1.50. The van der Waals surface area contributed by atoms with Crippen LogP contribution in [-0.4, -0.2) is 38.2 Å². The van der Waals surface area contributed by atoms with Gasteiger partial charge in [-0.25, -0.2) is 8.78 Å². The summed E-state index contributed by atoms with van der Waals surface area (Å²) in [5, 5.41) is 0. The molecule has 1 spiro atoms. The number of likely N-dealkylation sites (tertiary alicyclic amines) is 1. The van der Waals surface area contributed by atoms with Gasteiger partial charge in [-0.2, -0.15) is 8.42 Å². The number of sulfonamides is 1. The van der Waals surface area contributed by atoms with Gasteiger partial charge in [0.1, 0.15) is 4.90 Å². The van der Waals surface area contributed by atoms with Crippen molar-refractivity contribution in [3.8, 4) is 0 Å². The number of halogens is 2. The molecular formula is C14H14F2N2O2S. The van der Waals surface area contributed by atoms with Crippen molar-refractivity contribution >= 4 is 15.9 Å². The van der Waals surface area contributed by atoms with Crippen LogP contribution in [0.4, 0.5) is 8.78 Å². The molecule has 0 N–H and O–H groups in total. The zero-order valence-corrected chi connectivity index (χ0v) is 12.0. The van der Waals surface area contributed by atoms with Gasteiger partial charge >= 0.3 is 0 Å². The van der Waals surface area contributed by atoms with E-state index in [-0.39, 0.29) is 17.9 Å². The van der Waals surface area contributed by atoms with Crippen molar-refractivity contribution in [2.75, 3.05) is 13.1 Å². The van der Waals surface area contributed by atoms with Crippen LogP contribution < -0.4 is 0 Å². The van der Waals surface area contributed by atoms with E-state index in [9.17, 15) is 17.2 Å². The molecule has 4 nitrogen and oxygen atoms in total.